The van der Waals surface area contributed by atoms with Gasteiger partial charge in [0.1, 0.15) is 5.75 Å². The molecular formula is C19H23NO2. The zero-order valence-electron chi connectivity index (χ0n) is 13.3. The number of amides is 1. The Balaban J connectivity index is 2.10. The molecule has 2 aromatic carbocycles. The molecule has 1 amide bonds. The van der Waals surface area contributed by atoms with Gasteiger partial charge in [0.25, 0.3) is 0 Å². The van der Waals surface area contributed by atoms with E-state index in [0.29, 0.717) is 6.42 Å². The van der Waals surface area contributed by atoms with Gasteiger partial charge in [-0.3, -0.25) is 4.79 Å². The van der Waals surface area contributed by atoms with E-state index in [1.165, 1.54) is 0 Å². The standard InChI is InChI=1S/C19H23NO2/c1-3-4-14-20(17-8-6-5-7-9-17)19(21)15-16-10-12-18(22-2)13-11-16/h5-13H,3-4,14-15H2,1-2H3. The van der Waals surface area contributed by atoms with Crippen molar-refractivity contribution in [2.24, 2.45) is 0 Å². The molecule has 0 aromatic heterocycles. The highest BCUT2D eigenvalue weighted by Crippen LogP contribution is 2.17. The lowest BCUT2D eigenvalue weighted by atomic mass is 10.1. The van der Waals surface area contributed by atoms with Crippen molar-refractivity contribution in [2.75, 3.05) is 18.6 Å². The number of nitrogens with zero attached hydrogens (tertiary/aromatic N) is 1. The number of ether oxygens (including phenoxy) is 1. The number of benzene rings is 2. The fourth-order valence-corrected chi connectivity index (χ4v) is 2.34. The molecule has 0 radical (unpaired) electrons. The Morgan fingerprint density at radius 1 is 1.05 bits per heavy atom. The highest BCUT2D eigenvalue weighted by atomic mass is 16.5. The molecule has 116 valence electrons. The van der Waals surface area contributed by atoms with Gasteiger partial charge in [0, 0.05) is 12.2 Å². The minimum absolute atomic E-state index is 0.129. The molecule has 0 saturated heterocycles. The number of unbranched alkanes of at least 4 members (excludes halogenated alkanes) is 1. The third-order valence-electron chi connectivity index (χ3n) is 3.62. The molecule has 0 fully saturated rings. The van der Waals surface area contributed by atoms with Gasteiger partial charge in [-0.25, -0.2) is 0 Å². The van der Waals surface area contributed by atoms with Crippen LogP contribution in [0.2, 0.25) is 0 Å². The Hall–Kier alpha value is -2.29. The molecule has 0 bridgehead atoms. The van der Waals surface area contributed by atoms with Crippen molar-refractivity contribution in [3.8, 4) is 5.75 Å². The van der Waals surface area contributed by atoms with E-state index >= 15 is 0 Å². The summed E-state index contributed by atoms with van der Waals surface area (Å²) >= 11 is 0. The number of para-hydroxylation sites is 1. The molecule has 0 N–H and O–H groups in total. The fourth-order valence-electron chi connectivity index (χ4n) is 2.34. The minimum atomic E-state index is 0.129. The van der Waals surface area contributed by atoms with Crippen LogP contribution in [0.5, 0.6) is 5.75 Å². The maximum atomic E-state index is 12.7. The van der Waals surface area contributed by atoms with Gasteiger partial charge in [-0.1, -0.05) is 43.7 Å². The largest absolute Gasteiger partial charge is 0.497 e. The summed E-state index contributed by atoms with van der Waals surface area (Å²) in [5, 5.41) is 0. The Labute approximate surface area is 132 Å². The van der Waals surface area contributed by atoms with Crippen molar-refractivity contribution in [1.82, 2.24) is 0 Å². The first-order chi connectivity index (χ1) is 10.7. The first kappa shape index (κ1) is 16.1. The van der Waals surface area contributed by atoms with Gasteiger partial charge in [0.2, 0.25) is 5.91 Å². The number of anilines is 1. The number of carbonyl (C=O) groups is 1. The molecule has 0 unspecified atom stereocenters. The average Bonchev–Trinajstić information content (AvgIpc) is 2.57. The van der Waals surface area contributed by atoms with E-state index in [4.69, 9.17) is 4.74 Å². The molecule has 0 saturated carbocycles. The Morgan fingerprint density at radius 3 is 2.32 bits per heavy atom. The van der Waals surface area contributed by atoms with Crippen LogP contribution in [-0.4, -0.2) is 19.6 Å². The van der Waals surface area contributed by atoms with Gasteiger partial charge >= 0.3 is 0 Å². The van der Waals surface area contributed by atoms with E-state index in [1.54, 1.807) is 7.11 Å². The summed E-state index contributed by atoms with van der Waals surface area (Å²) in [5.74, 6) is 0.937. The van der Waals surface area contributed by atoms with Crippen molar-refractivity contribution < 1.29 is 9.53 Å². The maximum absolute atomic E-state index is 12.7. The van der Waals surface area contributed by atoms with Crippen LogP contribution in [0.25, 0.3) is 0 Å². The topological polar surface area (TPSA) is 29.5 Å². The lowest BCUT2D eigenvalue weighted by molar-refractivity contribution is -0.118. The second kappa shape index (κ2) is 8.23. The average molecular weight is 297 g/mol. The molecular weight excluding hydrogens is 274 g/mol. The maximum Gasteiger partial charge on any atom is 0.231 e. The smallest absolute Gasteiger partial charge is 0.231 e. The van der Waals surface area contributed by atoms with Crippen LogP contribution in [-0.2, 0) is 11.2 Å². The highest BCUT2D eigenvalue weighted by molar-refractivity contribution is 5.94. The number of methoxy groups -OCH3 is 1. The first-order valence-corrected chi connectivity index (χ1v) is 7.73. The Kier molecular flexibility index (Phi) is 6.01. The van der Waals surface area contributed by atoms with Gasteiger partial charge in [0.05, 0.1) is 13.5 Å². The normalized spacial score (nSPS) is 10.3. The van der Waals surface area contributed by atoms with Crippen molar-refractivity contribution in [3.63, 3.8) is 0 Å². The molecule has 0 aliphatic heterocycles. The monoisotopic (exact) mass is 297 g/mol. The van der Waals surface area contributed by atoms with Crippen molar-refractivity contribution in [3.05, 3.63) is 60.2 Å². The van der Waals surface area contributed by atoms with Gasteiger partial charge in [0.15, 0.2) is 0 Å². The van der Waals surface area contributed by atoms with Crippen molar-refractivity contribution in [2.45, 2.75) is 26.2 Å². The molecule has 0 heterocycles. The summed E-state index contributed by atoms with van der Waals surface area (Å²) in [6.07, 6.45) is 2.48. The van der Waals surface area contributed by atoms with Crippen LogP contribution in [0, 0.1) is 0 Å². The van der Waals surface area contributed by atoms with Crippen LogP contribution in [0.1, 0.15) is 25.3 Å². The van der Waals surface area contributed by atoms with Crippen LogP contribution in [0.3, 0.4) is 0 Å². The predicted octanol–water partition coefficient (Wildman–Crippen LogP) is 4.07. The van der Waals surface area contributed by atoms with Crippen LogP contribution in [0.4, 0.5) is 5.69 Å². The summed E-state index contributed by atoms with van der Waals surface area (Å²) in [5.41, 5.74) is 1.97. The van der Waals surface area contributed by atoms with Gasteiger partial charge < -0.3 is 9.64 Å². The molecule has 3 heteroatoms. The van der Waals surface area contributed by atoms with Gasteiger partial charge in [-0.05, 0) is 36.2 Å². The third-order valence-corrected chi connectivity index (χ3v) is 3.62. The second-order valence-electron chi connectivity index (χ2n) is 5.26. The molecule has 2 rings (SSSR count). The summed E-state index contributed by atoms with van der Waals surface area (Å²) in [7, 11) is 1.64. The van der Waals surface area contributed by atoms with E-state index in [1.807, 2.05) is 59.5 Å². The molecule has 3 nitrogen and oxygen atoms in total. The summed E-state index contributed by atoms with van der Waals surface area (Å²) in [4.78, 5) is 14.6. The lowest BCUT2D eigenvalue weighted by Crippen LogP contribution is -2.33. The van der Waals surface area contributed by atoms with Crippen LogP contribution in [0.15, 0.2) is 54.6 Å². The van der Waals surface area contributed by atoms with Crippen LogP contribution >= 0.6 is 0 Å². The molecule has 0 spiro atoms. The Morgan fingerprint density at radius 2 is 1.73 bits per heavy atom. The molecule has 22 heavy (non-hydrogen) atoms. The molecule has 0 aliphatic rings. The van der Waals surface area contributed by atoms with E-state index in [2.05, 4.69) is 6.92 Å². The van der Waals surface area contributed by atoms with Crippen LogP contribution < -0.4 is 9.64 Å². The summed E-state index contributed by atoms with van der Waals surface area (Å²) in [6.45, 7) is 2.90. The SMILES string of the molecule is CCCCN(C(=O)Cc1ccc(OC)cc1)c1ccccc1. The highest BCUT2D eigenvalue weighted by Gasteiger charge is 2.15. The quantitative estimate of drug-likeness (QED) is 0.771. The third kappa shape index (κ3) is 4.35. The number of hydrogen-bond donors (Lipinski definition) is 0. The summed E-state index contributed by atoms with van der Waals surface area (Å²) in [6, 6.07) is 17.5. The Bertz CT molecular complexity index is 578. The number of rotatable bonds is 7. The van der Waals surface area contributed by atoms with E-state index in [0.717, 1.165) is 36.4 Å². The van der Waals surface area contributed by atoms with Crippen molar-refractivity contribution in [1.29, 1.82) is 0 Å². The van der Waals surface area contributed by atoms with Gasteiger partial charge in [-0.2, -0.15) is 0 Å². The van der Waals surface area contributed by atoms with E-state index in [-0.39, 0.29) is 5.91 Å². The van der Waals surface area contributed by atoms with E-state index < -0.39 is 0 Å². The zero-order chi connectivity index (χ0) is 15.8. The van der Waals surface area contributed by atoms with Crippen molar-refractivity contribution >= 4 is 11.6 Å². The number of carbonyl (C=O) groups excluding carboxylic acids is 1. The molecule has 2 aromatic rings. The molecule has 0 atom stereocenters. The van der Waals surface area contributed by atoms with Gasteiger partial charge in [-0.15, -0.1) is 0 Å². The molecule has 0 aliphatic carbocycles. The zero-order valence-corrected chi connectivity index (χ0v) is 13.3. The first-order valence-electron chi connectivity index (χ1n) is 7.73. The fraction of sp³-hybridized carbons (Fsp3) is 0.316. The predicted molar refractivity (Wildman–Crippen MR) is 90.4 cm³/mol. The second-order valence-corrected chi connectivity index (χ2v) is 5.26. The minimum Gasteiger partial charge on any atom is -0.497 e. The summed E-state index contributed by atoms with van der Waals surface area (Å²) < 4.78 is 5.15. The lowest BCUT2D eigenvalue weighted by Gasteiger charge is -2.23. The van der Waals surface area contributed by atoms with E-state index in [9.17, 15) is 4.79 Å². The number of hydrogen-bond acceptors (Lipinski definition) is 2.